The number of aliphatic hydroxyl groups is 1. The van der Waals surface area contributed by atoms with Crippen LogP contribution >= 0.6 is 0 Å². The van der Waals surface area contributed by atoms with Gasteiger partial charge in [0, 0.05) is 12.0 Å². The molecule has 3 nitrogen and oxygen atoms in total. The van der Waals surface area contributed by atoms with Gasteiger partial charge in [-0.25, -0.2) is 0 Å². The molecule has 1 aliphatic rings. The highest BCUT2D eigenvalue weighted by Gasteiger charge is 2.38. The summed E-state index contributed by atoms with van der Waals surface area (Å²) in [5.74, 6) is 0. The molecule has 0 aliphatic heterocycles. The topological polar surface area (TPSA) is 59.4 Å². The van der Waals surface area contributed by atoms with Crippen molar-refractivity contribution in [3.8, 4) is 0 Å². The Morgan fingerprint density at radius 1 is 1.53 bits per heavy atom. The average molecular weight is 209 g/mol. The molecule has 2 rings (SSSR count). The SMILES string of the molecule is NCC1(Cc2ccoc2)CCCCC1O. The Bertz CT molecular complexity index is 297. The lowest BCUT2D eigenvalue weighted by Gasteiger charge is -2.40. The van der Waals surface area contributed by atoms with Crippen LogP contribution < -0.4 is 5.73 Å². The Balaban J connectivity index is 2.13. The van der Waals surface area contributed by atoms with Crippen molar-refractivity contribution in [2.24, 2.45) is 11.1 Å². The molecule has 1 heterocycles. The predicted octanol–water partition coefficient (Wildman–Crippen LogP) is 1.70. The molecular formula is C12H19NO2. The largest absolute Gasteiger partial charge is 0.472 e. The quantitative estimate of drug-likeness (QED) is 0.796. The van der Waals surface area contributed by atoms with Crippen LogP contribution in [-0.4, -0.2) is 17.8 Å². The first kappa shape index (κ1) is 10.7. The second kappa shape index (κ2) is 4.37. The minimum absolute atomic E-state index is 0.123. The summed E-state index contributed by atoms with van der Waals surface area (Å²) >= 11 is 0. The molecule has 2 unspecified atom stereocenters. The molecule has 0 saturated heterocycles. The van der Waals surface area contributed by atoms with Gasteiger partial charge in [0.25, 0.3) is 0 Å². The van der Waals surface area contributed by atoms with Crippen LogP contribution in [0.3, 0.4) is 0 Å². The van der Waals surface area contributed by atoms with Crippen LogP contribution in [0.15, 0.2) is 23.0 Å². The molecule has 0 bridgehead atoms. The third-order valence-corrected chi connectivity index (χ3v) is 3.65. The van der Waals surface area contributed by atoms with Crippen molar-refractivity contribution in [2.45, 2.75) is 38.2 Å². The first-order valence-electron chi connectivity index (χ1n) is 5.66. The van der Waals surface area contributed by atoms with Gasteiger partial charge in [-0.3, -0.25) is 0 Å². The van der Waals surface area contributed by atoms with Gasteiger partial charge in [0.2, 0.25) is 0 Å². The summed E-state index contributed by atoms with van der Waals surface area (Å²) in [6, 6.07) is 1.96. The zero-order chi connectivity index (χ0) is 10.7. The summed E-state index contributed by atoms with van der Waals surface area (Å²) in [7, 11) is 0. The van der Waals surface area contributed by atoms with E-state index in [0.29, 0.717) is 6.54 Å². The molecule has 2 atom stereocenters. The lowest BCUT2D eigenvalue weighted by molar-refractivity contribution is -0.00591. The van der Waals surface area contributed by atoms with Crippen LogP contribution in [0.5, 0.6) is 0 Å². The average Bonchev–Trinajstić information content (AvgIpc) is 2.74. The minimum atomic E-state index is -0.258. The second-order valence-electron chi connectivity index (χ2n) is 4.64. The lowest BCUT2D eigenvalue weighted by Crippen LogP contribution is -2.45. The number of hydrogen-bond acceptors (Lipinski definition) is 3. The van der Waals surface area contributed by atoms with Gasteiger partial charge >= 0.3 is 0 Å². The molecule has 1 aromatic rings. The van der Waals surface area contributed by atoms with Crippen LogP contribution in [0, 0.1) is 5.41 Å². The fourth-order valence-corrected chi connectivity index (χ4v) is 2.60. The summed E-state index contributed by atoms with van der Waals surface area (Å²) in [6.45, 7) is 0.555. The van der Waals surface area contributed by atoms with Gasteiger partial charge in [-0.1, -0.05) is 12.8 Å². The van der Waals surface area contributed by atoms with Gasteiger partial charge in [-0.15, -0.1) is 0 Å². The number of rotatable bonds is 3. The zero-order valence-corrected chi connectivity index (χ0v) is 8.98. The van der Waals surface area contributed by atoms with Gasteiger partial charge in [-0.2, -0.15) is 0 Å². The van der Waals surface area contributed by atoms with Crippen molar-refractivity contribution in [3.63, 3.8) is 0 Å². The molecule has 1 aromatic heterocycles. The fourth-order valence-electron chi connectivity index (χ4n) is 2.60. The Morgan fingerprint density at radius 2 is 2.40 bits per heavy atom. The number of aliphatic hydroxyl groups excluding tert-OH is 1. The van der Waals surface area contributed by atoms with E-state index < -0.39 is 0 Å². The third-order valence-electron chi connectivity index (χ3n) is 3.65. The number of nitrogens with two attached hydrogens (primary N) is 1. The van der Waals surface area contributed by atoms with Gasteiger partial charge in [0.15, 0.2) is 0 Å². The molecule has 1 saturated carbocycles. The molecule has 0 amide bonds. The van der Waals surface area contributed by atoms with Crippen molar-refractivity contribution >= 4 is 0 Å². The maximum atomic E-state index is 10.1. The smallest absolute Gasteiger partial charge is 0.0934 e. The standard InChI is InChI=1S/C12H19NO2/c13-9-12(5-2-1-3-11(12)14)7-10-4-6-15-8-10/h4,6,8,11,14H,1-3,5,7,9,13H2. The Labute approximate surface area is 90.3 Å². The number of hydrogen-bond donors (Lipinski definition) is 2. The van der Waals surface area contributed by atoms with E-state index in [-0.39, 0.29) is 11.5 Å². The molecule has 0 radical (unpaired) electrons. The fraction of sp³-hybridized carbons (Fsp3) is 0.667. The molecule has 0 spiro atoms. The van der Waals surface area contributed by atoms with Crippen molar-refractivity contribution in [1.82, 2.24) is 0 Å². The van der Waals surface area contributed by atoms with E-state index in [2.05, 4.69) is 0 Å². The normalized spacial score (nSPS) is 31.7. The van der Waals surface area contributed by atoms with Crippen molar-refractivity contribution in [2.75, 3.05) is 6.54 Å². The van der Waals surface area contributed by atoms with Crippen molar-refractivity contribution in [1.29, 1.82) is 0 Å². The van der Waals surface area contributed by atoms with Crippen LogP contribution in [-0.2, 0) is 6.42 Å². The van der Waals surface area contributed by atoms with E-state index in [9.17, 15) is 5.11 Å². The summed E-state index contributed by atoms with van der Waals surface area (Å²) in [4.78, 5) is 0. The first-order chi connectivity index (χ1) is 7.27. The van der Waals surface area contributed by atoms with Crippen LogP contribution in [0.1, 0.15) is 31.2 Å². The highest BCUT2D eigenvalue weighted by Crippen LogP contribution is 2.38. The van der Waals surface area contributed by atoms with E-state index in [1.807, 2.05) is 6.07 Å². The minimum Gasteiger partial charge on any atom is -0.472 e. The molecule has 15 heavy (non-hydrogen) atoms. The summed E-state index contributed by atoms with van der Waals surface area (Å²) in [5, 5.41) is 10.1. The lowest BCUT2D eigenvalue weighted by atomic mass is 9.68. The maximum absolute atomic E-state index is 10.1. The zero-order valence-electron chi connectivity index (χ0n) is 8.98. The van der Waals surface area contributed by atoms with Crippen LogP contribution in [0.2, 0.25) is 0 Å². The van der Waals surface area contributed by atoms with E-state index in [4.69, 9.17) is 10.2 Å². The van der Waals surface area contributed by atoms with Gasteiger partial charge in [-0.05, 0) is 30.9 Å². The number of furan rings is 1. The molecule has 1 fully saturated rings. The highest BCUT2D eigenvalue weighted by atomic mass is 16.3. The monoisotopic (exact) mass is 209 g/mol. The second-order valence-corrected chi connectivity index (χ2v) is 4.64. The Kier molecular flexibility index (Phi) is 3.12. The van der Waals surface area contributed by atoms with E-state index in [0.717, 1.165) is 31.2 Å². The van der Waals surface area contributed by atoms with E-state index in [1.165, 1.54) is 6.42 Å². The predicted molar refractivity (Wildman–Crippen MR) is 58.4 cm³/mol. The van der Waals surface area contributed by atoms with Crippen molar-refractivity contribution in [3.05, 3.63) is 24.2 Å². The van der Waals surface area contributed by atoms with E-state index >= 15 is 0 Å². The van der Waals surface area contributed by atoms with Gasteiger partial charge < -0.3 is 15.3 Å². The van der Waals surface area contributed by atoms with Crippen molar-refractivity contribution < 1.29 is 9.52 Å². The maximum Gasteiger partial charge on any atom is 0.0934 e. The molecule has 3 heteroatoms. The van der Waals surface area contributed by atoms with Crippen LogP contribution in [0.25, 0.3) is 0 Å². The molecule has 0 aromatic carbocycles. The summed E-state index contributed by atoms with van der Waals surface area (Å²) < 4.78 is 5.06. The first-order valence-corrected chi connectivity index (χ1v) is 5.66. The van der Waals surface area contributed by atoms with Gasteiger partial charge in [0.1, 0.15) is 0 Å². The summed E-state index contributed by atoms with van der Waals surface area (Å²) in [5.41, 5.74) is 6.87. The molecule has 84 valence electrons. The summed E-state index contributed by atoms with van der Waals surface area (Å²) in [6.07, 6.45) is 8.20. The third kappa shape index (κ3) is 2.08. The Morgan fingerprint density at radius 3 is 3.00 bits per heavy atom. The molecule has 1 aliphatic carbocycles. The molecule has 3 N–H and O–H groups in total. The van der Waals surface area contributed by atoms with E-state index in [1.54, 1.807) is 12.5 Å². The highest BCUT2D eigenvalue weighted by molar-refractivity contribution is 5.11. The van der Waals surface area contributed by atoms with Crippen LogP contribution in [0.4, 0.5) is 0 Å². The Hall–Kier alpha value is -0.800. The van der Waals surface area contributed by atoms with Gasteiger partial charge in [0.05, 0.1) is 18.6 Å². The molecular weight excluding hydrogens is 190 g/mol.